The molecule has 1 aliphatic rings. The quantitative estimate of drug-likeness (QED) is 0.918. The maximum atomic E-state index is 13.0. The molecule has 1 N–H and O–H groups in total. The Morgan fingerprint density at radius 3 is 3.00 bits per heavy atom. The lowest BCUT2D eigenvalue weighted by molar-refractivity contribution is -0.134. The summed E-state index contributed by atoms with van der Waals surface area (Å²) in [5.41, 5.74) is 0. The zero-order chi connectivity index (χ0) is 14.5. The highest BCUT2D eigenvalue weighted by molar-refractivity contribution is 6.30. The second kappa shape index (κ2) is 8.41. The van der Waals surface area contributed by atoms with Gasteiger partial charge < -0.3 is 15.0 Å². The maximum absolute atomic E-state index is 13.0. The molecule has 1 heterocycles. The van der Waals surface area contributed by atoms with Gasteiger partial charge in [-0.15, -0.1) is 12.4 Å². The van der Waals surface area contributed by atoms with Crippen LogP contribution in [0, 0.1) is 5.82 Å². The number of piperidine rings is 1. The standard InChI is InChI=1S/C14H18ClFN2O2.ClH/c1-17-10-3-2-6-18(8-10)14(19)9-20-11-4-5-13(16)12(15)7-11;/h4-5,7,10,17H,2-3,6,8-9H2,1H3;1H. The third kappa shape index (κ3) is 5.02. The van der Waals surface area contributed by atoms with E-state index in [1.54, 1.807) is 4.90 Å². The van der Waals surface area contributed by atoms with Gasteiger partial charge in [0.05, 0.1) is 5.02 Å². The van der Waals surface area contributed by atoms with Gasteiger partial charge in [-0.05, 0) is 32.0 Å². The molecule has 7 heteroatoms. The zero-order valence-electron chi connectivity index (χ0n) is 11.8. The number of likely N-dealkylation sites (tertiary alicyclic amines) is 1. The minimum absolute atomic E-state index is 0. The summed E-state index contributed by atoms with van der Waals surface area (Å²) in [5, 5.41) is 3.17. The minimum Gasteiger partial charge on any atom is -0.484 e. The predicted molar refractivity (Wildman–Crippen MR) is 82.8 cm³/mol. The molecule has 0 radical (unpaired) electrons. The number of nitrogens with one attached hydrogen (secondary N) is 1. The lowest BCUT2D eigenvalue weighted by Gasteiger charge is -2.32. The molecule has 1 fully saturated rings. The molecule has 0 bridgehead atoms. The molecular formula is C14H19Cl2FN2O2. The van der Waals surface area contributed by atoms with Gasteiger partial charge in [0.2, 0.25) is 0 Å². The normalized spacial score (nSPS) is 18.0. The number of carbonyl (C=O) groups is 1. The van der Waals surface area contributed by atoms with Crippen LogP contribution in [0.5, 0.6) is 5.75 Å². The number of amides is 1. The van der Waals surface area contributed by atoms with Crippen LogP contribution < -0.4 is 10.1 Å². The van der Waals surface area contributed by atoms with E-state index in [1.807, 2.05) is 7.05 Å². The van der Waals surface area contributed by atoms with E-state index in [0.29, 0.717) is 18.3 Å². The first-order valence-corrected chi connectivity index (χ1v) is 7.01. The van der Waals surface area contributed by atoms with Crippen molar-refractivity contribution in [3.8, 4) is 5.75 Å². The molecule has 1 aromatic carbocycles. The molecule has 1 amide bonds. The van der Waals surface area contributed by atoms with Crippen LogP contribution in [0.1, 0.15) is 12.8 Å². The molecule has 118 valence electrons. The van der Waals surface area contributed by atoms with Crippen molar-refractivity contribution in [3.05, 3.63) is 29.0 Å². The van der Waals surface area contributed by atoms with E-state index in [-0.39, 0.29) is 29.9 Å². The predicted octanol–water partition coefficient (Wildman–Crippen LogP) is 2.49. The molecule has 4 nitrogen and oxygen atoms in total. The molecule has 0 spiro atoms. The van der Waals surface area contributed by atoms with E-state index >= 15 is 0 Å². The summed E-state index contributed by atoms with van der Waals surface area (Å²) in [4.78, 5) is 13.8. The summed E-state index contributed by atoms with van der Waals surface area (Å²) in [6, 6.07) is 4.39. The molecule has 0 saturated carbocycles. The molecule has 1 aliphatic heterocycles. The van der Waals surface area contributed by atoms with Crippen LogP contribution in [0.4, 0.5) is 4.39 Å². The fourth-order valence-electron chi connectivity index (χ4n) is 2.24. The summed E-state index contributed by atoms with van der Waals surface area (Å²) in [5.74, 6) is -0.171. The molecule has 1 atom stereocenters. The SMILES string of the molecule is CNC1CCCN(C(=O)COc2ccc(F)c(Cl)c2)C1.Cl. The molecule has 1 aromatic rings. The first-order chi connectivity index (χ1) is 9.60. The van der Waals surface area contributed by atoms with Gasteiger partial charge in [-0.3, -0.25) is 4.79 Å². The van der Waals surface area contributed by atoms with E-state index in [2.05, 4.69) is 5.32 Å². The molecule has 21 heavy (non-hydrogen) atoms. The highest BCUT2D eigenvalue weighted by Crippen LogP contribution is 2.21. The number of rotatable bonds is 4. The maximum Gasteiger partial charge on any atom is 0.260 e. The van der Waals surface area contributed by atoms with Crippen molar-refractivity contribution in [1.82, 2.24) is 10.2 Å². The number of ether oxygens (including phenoxy) is 1. The van der Waals surface area contributed by atoms with E-state index < -0.39 is 5.82 Å². The van der Waals surface area contributed by atoms with Crippen LogP contribution in [0.2, 0.25) is 5.02 Å². The second-order valence-electron chi connectivity index (χ2n) is 4.83. The fourth-order valence-corrected chi connectivity index (χ4v) is 2.41. The second-order valence-corrected chi connectivity index (χ2v) is 5.24. The van der Waals surface area contributed by atoms with Crippen LogP contribution >= 0.6 is 24.0 Å². The Balaban J connectivity index is 0.00000220. The van der Waals surface area contributed by atoms with Gasteiger partial charge in [0.25, 0.3) is 5.91 Å². The Kier molecular flexibility index (Phi) is 7.22. The van der Waals surface area contributed by atoms with E-state index in [4.69, 9.17) is 16.3 Å². The lowest BCUT2D eigenvalue weighted by atomic mass is 10.1. The number of likely N-dealkylation sites (N-methyl/N-ethyl adjacent to an activating group) is 1. The number of carbonyl (C=O) groups excluding carboxylic acids is 1. The van der Waals surface area contributed by atoms with Gasteiger partial charge in [0.15, 0.2) is 6.61 Å². The van der Waals surface area contributed by atoms with E-state index in [9.17, 15) is 9.18 Å². The fraction of sp³-hybridized carbons (Fsp3) is 0.500. The molecule has 0 aromatic heterocycles. The van der Waals surface area contributed by atoms with E-state index in [1.165, 1.54) is 18.2 Å². The Bertz CT molecular complexity index is 488. The van der Waals surface area contributed by atoms with Crippen molar-refractivity contribution in [1.29, 1.82) is 0 Å². The average Bonchev–Trinajstić information content (AvgIpc) is 2.48. The largest absolute Gasteiger partial charge is 0.484 e. The van der Waals surface area contributed by atoms with Gasteiger partial charge in [-0.25, -0.2) is 4.39 Å². The van der Waals surface area contributed by atoms with Crippen molar-refractivity contribution in [2.45, 2.75) is 18.9 Å². The highest BCUT2D eigenvalue weighted by atomic mass is 35.5. The summed E-state index contributed by atoms with van der Waals surface area (Å²) < 4.78 is 18.4. The summed E-state index contributed by atoms with van der Waals surface area (Å²) in [7, 11) is 1.90. The Morgan fingerprint density at radius 1 is 1.57 bits per heavy atom. The average molecular weight is 337 g/mol. The number of benzene rings is 1. The molecule has 0 aliphatic carbocycles. The molecule has 1 unspecified atom stereocenters. The number of hydrogen-bond donors (Lipinski definition) is 1. The van der Waals surface area contributed by atoms with E-state index in [0.717, 1.165) is 19.4 Å². The first kappa shape index (κ1) is 18.0. The molecule has 1 saturated heterocycles. The van der Waals surface area contributed by atoms with Crippen LogP contribution in [0.25, 0.3) is 0 Å². The number of hydrogen-bond acceptors (Lipinski definition) is 3. The Hall–Kier alpha value is -1.04. The van der Waals surface area contributed by atoms with Gasteiger partial charge in [0, 0.05) is 25.2 Å². The van der Waals surface area contributed by atoms with Crippen LogP contribution in [0.15, 0.2) is 18.2 Å². The van der Waals surface area contributed by atoms with Crippen molar-refractivity contribution < 1.29 is 13.9 Å². The number of halogens is 3. The first-order valence-electron chi connectivity index (χ1n) is 6.63. The third-order valence-electron chi connectivity index (χ3n) is 3.44. The van der Waals surface area contributed by atoms with Crippen molar-refractivity contribution in [2.24, 2.45) is 0 Å². The van der Waals surface area contributed by atoms with Crippen LogP contribution in [0.3, 0.4) is 0 Å². The Morgan fingerprint density at radius 2 is 2.33 bits per heavy atom. The van der Waals surface area contributed by atoms with Crippen molar-refractivity contribution in [3.63, 3.8) is 0 Å². The van der Waals surface area contributed by atoms with Crippen molar-refractivity contribution in [2.75, 3.05) is 26.7 Å². The highest BCUT2D eigenvalue weighted by Gasteiger charge is 2.22. The van der Waals surface area contributed by atoms with Gasteiger partial charge in [0.1, 0.15) is 11.6 Å². The van der Waals surface area contributed by atoms with Gasteiger partial charge in [-0.2, -0.15) is 0 Å². The summed E-state index contributed by atoms with van der Waals surface area (Å²) in [6.45, 7) is 1.39. The summed E-state index contributed by atoms with van der Waals surface area (Å²) in [6.07, 6.45) is 2.06. The molecular weight excluding hydrogens is 318 g/mol. The molecule has 2 rings (SSSR count). The van der Waals surface area contributed by atoms with Crippen molar-refractivity contribution >= 4 is 29.9 Å². The number of nitrogens with zero attached hydrogens (tertiary/aromatic N) is 1. The van der Waals surface area contributed by atoms with Crippen LogP contribution in [-0.2, 0) is 4.79 Å². The Labute approximate surface area is 135 Å². The van der Waals surface area contributed by atoms with Gasteiger partial charge >= 0.3 is 0 Å². The smallest absolute Gasteiger partial charge is 0.260 e. The van der Waals surface area contributed by atoms with Gasteiger partial charge in [-0.1, -0.05) is 11.6 Å². The summed E-state index contributed by atoms with van der Waals surface area (Å²) >= 11 is 5.66. The monoisotopic (exact) mass is 336 g/mol. The minimum atomic E-state index is -0.502. The topological polar surface area (TPSA) is 41.6 Å². The van der Waals surface area contributed by atoms with Crippen LogP contribution in [-0.4, -0.2) is 43.6 Å². The zero-order valence-corrected chi connectivity index (χ0v) is 13.3. The third-order valence-corrected chi connectivity index (χ3v) is 3.73. The lowest BCUT2D eigenvalue weighted by Crippen LogP contribution is -2.48.